The minimum absolute atomic E-state index is 0.289. The SMILES string of the molecule is CN1CCN(c2ccc(-c3noc([C@@H]4CCCN4C4CCCCC4)n3)cn2)CC1. The molecule has 0 bridgehead atoms. The second kappa shape index (κ2) is 8.40. The number of aromatic nitrogens is 3. The van der Waals surface area contributed by atoms with Crippen LogP contribution in [0.25, 0.3) is 11.4 Å². The maximum absolute atomic E-state index is 5.74. The van der Waals surface area contributed by atoms with Crippen LogP contribution in [0.15, 0.2) is 22.9 Å². The number of likely N-dealkylation sites (N-methyl/N-ethyl adjacent to an activating group) is 1. The van der Waals surface area contributed by atoms with Crippen molar-refractivity contribution in [2.45, 2.75) is 57.0 Å². The van der Waals surface area contributed by atoms with E-state index in [0.717, 1.165) is 56.4 Å². The number of piperazine rings is 1. The summed E-state index contributed by atoms with van der Waals surface area (Å²) in [6, 6.07) is 5.14. The van der Waals surface area contributed by atoms with E-state index in [2.05, 4.69) is 44.0 Å². The lowest BCUT2D eigenvalue weighted by Crippen LogP contribution is -2.44. The van der Waals surface area contributed by atoms with Gasteiger partial charge in [0.1, 0.15) is 5.82 Å². The molecule has 2 aliphatic heterocycles. The molecule has 156 valence electrons. The van der Waals surface area contributed by atoms with Crippen molar-refractivity contribution < 1.29 is 4.52 Å². The van der Waals surface area contributed by atoms with Crippen molar-refractivity contribution in [2.24, 2.45) is 0 Å². The van der Waals surface area contributed by atoms with Gasteiger partial charge in [0.15, 0.2) is 0 Å². The second-order valence-corrected chi connectivity index (χ2v) is 8.84. The molecule has 0 unspecified atom stereocenters. The first-order valence-corrected chi connectivity index (χ1v) is 11.3. The van der Waals surface area contributed by atoms with Gasteiger partial charge in [-0.25, -0.2) is 4.98 Å². The van der Waals surface area contributed by atoms with Crippen LogP contribution in [-0.2, 0) is 0 Å². The fraction of sp³-hybridized carbons (Fsp3) is 0.682. The standard InChI is InChI=1S/C22H32N6O/c1-26-12-14-27(15-13-26)20-10-9-17(16-23-20)21-24-22(29-25-21)19-8-5-11-28(19)18-6-3-2-4-7-18/h9-10,16,18-19H,2-8,11-15H2,1H3/t19-/m0/s1. The summed E-state index contributed by atoms with van der Waals surface area (Å²) in [5.74, 6) is 2.48. The van der Waals surface area contributed by atoms with E-state index in [1.807, 2.05) is 6.20 Å². The Bertz CT molecular complexity index is 792. The van der Waals surface area contributed by atoms with Crippen LogP contribution in [0.2, 0.25) is 0 Å². The maximum atomic E-state index is 5.74. The Morgan fingerprint density at radius 3 is 2.52 bits per heavy atom. The van der Waals surface area contributed by atoms with E-state index in [1.165, 1.54) is 38.5 Å². The molecule has 2 saturated heterocycles. The molecule has 0 radical (unpaired) electrons. The van der Waals surface area contributed by atoms with Gasteiger partial charge in [0.25, 0.3) is 0 Å². The van der Waals surface area contributed by atoms with Gasteiger partial charge in [-0.15, -0.1) is 0 Å². The molecule has 1 saturated carbocycles. The zero-order valence-corrected chi connectivity index (χ0v) is 17.5. The van der Waals surface area contributed by atoms with Gasteiger partial charge in [-0.3, -0.25) is 4.90 Å². The van der Waals surface area contributed by atoms with E-state index in [9.17, 15) is 0 Å². The van der Waals surface area contributed by atoms with Crippen molar-refractivity contribution in [1.82, 2.24) is 24.9 Å². The monoisotopic (exact) mass is 396 g/mol. The molecule has 2 aromatic rings. The van der Waals surface area contributed by atoms with Crippen LogP contribution < -0.4 is 4.90 Å². The molecule has 5 rings (SSSR count). The molecule has 29 heavy (non-hydrogen) atoms. The van der Waals surface area contributed by atoms with Gasteiger partial charge in [0.2, 0.25) is 11.7 Å². The zero-order valence-electron chi connectivity index (χ0n) is 17.5. The van der Waals surface area contributed by atoms with Crippen molar-refractivity contribution >= 4 is 5.82 Å². The molecule has 0 amide bonds. The first-order chi connectivity index (χ1) is 14.3. The fourth-order valence-electron chi connectivity index (χ4n) is 5.13. The number of hydrogen-bond donors (Lipinski definition) is 0. The average Bonchev–Trinajstić information content (AvgIpc) is 3.45. The van der Waals surface area contributed by atoms with Crippen molar-refractivity contribution in [3.8, 4) is 11.4 Å². The van der Waals surface area contributed by atoms with Gasteiger partial charge in [-0.05, 0) is 51.4 Å². The van der Waals surface area contributed by atoms with Crippen LogP contribution in [-0.4, -0.2) is 70.7 Å². The van der Waals surface area contributed by atoms with Gasteiger partial charge in [-0.2, -0.15) is 4.98 Å². The lowest BCUT2D eigenvalue weighted by molar-refractivity contribution is 0.121. The molecule has 0 spiro atoms. The summed E-state index contributed by atoms with van der Waals surface area (Å²) in [4.78, 5) is 16.8. The zero-order chi connectivity index (χ0) is 19.6. The average molecular weight is 397 g/mol. The molecular formula is C22H32N6O. The molecule has 3 aliphatic rings. The third-order valence-electron chi connectivity index (χ3n) is 6.90. The number of rotatable bonds is 4. The van der Waals surface area contributed by atoms with E-state index < -0.39 is 0 Å². The smallest absolute Gasteiger partial charge is 0.244 e. The Balaban J connectivity index is 1.28. The highest BCUT2D eigenvalue weighted by atomic mass is 16.5. The Morgan fingerprint density at radius 2 is 1.76 bits per heavy atom. The summed E-state index contributed by atoms with van der Waals surface area (Å²) in [5, 5.41) is 4.29. The van der Waals surface area contributed by atoms with Crippen LogP contribution >= 0.6 is 0 Å². The summed E-state index contributed by atoms with van der Waals surface area (Å²) in [6.45, 7) is 5.36. The number of anilines is 1. The molecule has 1 atom stereocenters. The van der Waals surface area contributed by atoms with E-state index in [-0.39, 0.29) is 6.04 Å². The van der Waals surface area contributed by atoms with Gasteiger partial charge in [0.05, 0.1) is 6.04 Å². The fourth-order valence-corrected chi connectivity index (χ4v) is 5.13. The topological polar surface area (TPSA) is 61.5 Å². The molecule has 4 heterocycles. The van der Waals surface area contributed by atoms with E-state index in [0.29, 0.717) is 11.9 Å². The highest BCUT2D eigenvalue weighted by Gasteiger charge is 2.35. The Labute approximate surface area is 173 Å². The van der Waals surface area contributed by atoms with Crippen molar-refractivity contribution in [3.63, 3.8) is 0 Å². The lowest BCUT2D eigenvalue weighted by atomic mass is 9.94. The summed E-state index contributed by atoms with van der Waals surface area (Å²) in [5.41, 5.74) is 0.931. The third kappa shape index (κ3) is 4.03. The Hall–Kier alpha value is -1.99. The van der Waals surface area contributed by atoms with Crippen molar-refractivity contribution in [3.05, 3.63) is 24.2 Å². The van der Waals surface area contributed by atoms with Crippen LogP contribution in [0.5, 0.6) is 0 Å². The molecule has 2 aromatic heterocycles. The maximum Gasteiger partial charge on any atom is 0.244 e. The summed E-state index contributed by atoms with van der Waals surface area (Å²) >= 11 is 0. The quantitative estimate of drug-likeness (QED) is 0.785. The number of pyridine rings is 1. The molecular weight excluding hydrogens is 364 g/mol. The Kier molecular flexibility index (Phi) is 5.50. The van der Waals surface area contributed by atoms with Crippen LogP contribution in [0.1, 0.15) is 56.9 Å². The molecule has 7 nitrogen and oxygen atoms in total. The first kappa shape index (κ1) is 19.0. The summed E-state index contributed by atoms with van der Waals surface area (Å²) in [7, 11) is 2.17. The van der Waals surface area contributed by atoms with Gasteiger partial charge >= 0.3 is 0 Å². The summed E-state index contributed by atoms with van der Waals surface area (Å²) in [6.07, 6.45) is 11.0. The van der Waals surface area contributed by atoms with E-state index >= 15 is 0 Å². The van der Waals surface area contributed by atoms with Crippen LogP contribution in [0.3, 0.4) is 0 Å². The predicted octanol–water partition coefficient (Wildman–Crippen LogP) is 3.35. The van der Waals surface area contributed by atoms with Crippen molar-refractivity contribution in [1.29, 1.82) is 0 Å². The molecule has 0 aromatic carbocycles. The minimum Gasteiger partial charge on any atom is -0.354 e. The van der Waals surface area contributed by atoms with E-state index in [1.54, 1.807) is 0 Å². The van der Waals surface area contributed by atoms with E-state index in [4.69, 9.17) is 9.51 Å². The predicted molar refractivity (Wildman–Crippen MR) is 113 cm³/mol. The first-order valence-electron chi connectivity index (χ1n) is 11.3. The lowest BCUT2D eigenvalue weighted by Gasteiger charge is -2.34. The third-order valence-corrected chi connectivity index (χ3v) is 6.90. The molecule has 0 N–H and O–H groups in total. The molecule has 1 aliphatic carbocycles. The largest absolute Gasteiger partial charge is 0.354 e. The Morgan fingerprint density at radius 1 is 0.931 bits per heavy atom. The summed E-state index contributed by atoms with van der Waals surface area (Å²) < 4.78 is 5.74. The molecule has 3 fully saturated rings. The minimum atomic E-state index is 0.289. The number of hydrogen-bond acceptors (Lipinski definition) is 7. The van der Waals surface area contributed by atoms with Gasteiger partial charge < -0.3 is 14.3 Å². The second-order valence-electron chi connectivity index (χ2n) is 8.84. The number of nitrogens with zero attached hydrogens (tertiary/aromatic N) is 6. The van der Waals surface area contributed by atoms with Gasteiger partial charge in [-0.1, -0.05) is 24.4 Å². The highest BCUT2D eigenvalue weighted by Crippen LogP contribution is 2.37. The highest BCUT2D eigenvalue weighted by molar-refractivity contribution is 5.56. The van der Waals surface area contributed by atoms with Crippen LogP contribution in [0.4, 0.5) is 5.82 Å². The van der Waals surface area contributed by atoms with Crippen molar-refractivity contribution in [2.75, 3.05) is 44.7 Å². The molecule has 7 heteroatoms. The normalized spacial score (nSPS) is 25.0. The van der Waals surface area contributed by atoms with Gasteiger partial charge in [0, 0.05) is 44.0 Å². The van der Waals surface area contributed by atoms with Crippen LogP contribution in [0, 0.1) is 0 Å². The number of likely N-dealkylation sites (tertiary alicyclic amines) is 1.